The smallest absolute Gasteiger partial charge is 0.325 e. The van der Waals surface area contributed by atoms with Gasteiger partial charge in [0.05, 0.1) is 18.2 Å². The molecule has 1 saturated carbocycles. The van der Waals surface area contributed by atoms with Crippen LogP contribution < -0.4 is 26.6 Å². The first-order valence-electron chi connectivity index (χ1n) is 17.4. The van der Waals surface area contributed by atoms with Crippen LogP contribution >= 0.6 is 11.8 Å². The minimum absolute atomic E-state index is 0.0171. The Balaban J connectivity index is 2.24. The second-order valence-corrected chi connectivity index (χ2v) is 14.4. The summed E-state index contributed by atoms with van der Waals surface area (Å²) in [6, 6.07) is 1.47. The molecule has 2 rings (SSSR count). The van der Waals surface area contributed by atoms with Crippen LogP contribution in [0.2, 0.25) is 0 Å². The summed E-state index contributed by atoms with van der Waals surface area (Å²) in [5.41, 5.74) is 0.0171. The van der Waals surface area contributed by atoms with E-state index in [9.17, 15) is 38.7 Å². The van der Waals surface area contributed by atoms with Gasteiger partial charge in [0.1, 0.15) is 23.9 Å². The molecule has 4 atom stereocenters. The lowest BCUT2D eigenvalue weighted by Gasteiger charge is -2.32. The van der Waals surface area contributed by atoms with Crippen molar-refractivity contribution < 1.29 is 43.8 Å². The SMILES string of the molecule is CCSCCCCC(NC(=O)[C@H](CC(C)C)NC(=O)[C@@H](NC(=O)c1ccccc1O)C1CCCCC1)C(=O)C(=O)NCC(=O)N[C@@H](C)C(=O)O. The van der Waals surface area contributed by atoms with Gasteiger partial charge in [0.15, 0.2) is 0 Å². The second-order valence-electron chi connectivity index (χ2n) is 13.0. The number of Topliss-reactive ketones (excluding diaryl/α,β-unsaturated/α-hetero) is 1. The van der Waals surface area contributed by atoms with Crippen LogP contribution in [0.3, 0.4) is 0 Å². The molecule has 0 heterocycles. The summed E-state index contributed by atoms with van der Waals surface area (Å²) in [6.07, 6.45) is 5.70. The van der Waals surface area contributed by atoms with E-state index in [1.807, 2.05) is 20.8 Å². The number of rotatable bonds is 21. The van der Waals surface area contributed by atoms with Crippen molar-refractivity contribution in [3.05, 3.63) is 29.8 Å². The number of carbonyl (C=O) groups excluding carboxylic acids is 6. The third kappa shape index (κ3) is 14.4. The van der Waals surface area contributed by atoms with Gasteiger partial charge in [-0.2, -0.15) is 11.8 Å². The molecule has 1 aliphatic rings. The average Bonchev–Trinajstić information content (AvgIpc) is 3.08. The lowest BCUT2D eigenvalue weighted by atomic mass is 9.83. The summed E-state index contributed by atoms with van der Waals surface area (Å²) in [7, 11) is 0. The molecule has 1 fully saturated rings. The van der Waals surface area contributed by atoms with E-state index in [1.54, 1.807) is 23.9 Å². The minimum Gasteiger partial charge on any atom is -0.507 e. The lowest BCUT2D eigenvalue weighted by Crippen LogP contribution is -2.58. The standard InChI is InChI=1S/C35H53N5O9S/c1-5-50-18-12-11-16-25(30(43)34(47)36-20-28(42)37-22(4)35(48)49)38-32(45)26(19-21(2)3)39-33(46)29(23-13-7-6-8-14-23)40-31(44)24-15-9-10-17-27(24)41/h9-10,15,17,21-23,25-26,29,41H,5-8,11-14,16,18-20H2,1-4H3,(H,36,47)(H,37,42)(H,38,45)(H,39,46)(H,40,44)(H,48,49)/t22-,25?,26-,29-/m0/s1. The molecule has 15 heteroatoms. The third-order valence-corrected chi connectivity index (χ3v) is 9.41. The van der Waals surface area contributed by atoms with Crippen LogP contribution in [0, 0.1) is 11.8 Å². The van der Waals surface area contributed by atoms with E-state index < -0.39 is 72.0 Å². The molecule has 0 spiro atoms. The van der Waals surface area contributed by atoms with Crippen molar-refractivity contribution in [1.29, 1.82) is 0 Å². The number of unbranched alkanes of at least 4 members (excludes halogenated alkanes) is 1. The van der Waals surface area contributed by atoms with Gasteiger partial charge in [0, 0.05) is 0 Å². The molecule has 0 radical (unpaired) electrons. The quantitative estimate of drug-likeness (QED) is 0.0726. The molecule has 278 valence electrons. The number of phenols is 1. The number of nitrogens with one attached hydrogen (secondary N) is 5. The topological polar surface area (TPSA) is 220 Å². The Kier molecular flexibility index (Phi) is 18.4. The molecule has 1 aliphatic carbocycles. The van der Waals surface area contributed by atoms with E-state index in [1.165, 1.54) is 19.1 Å². The molecular weight excluding hydrogens is 666 g/mol. The molecule has 1 unspecified atom stereocenters. The van der Waals surface area contributed by atoms with Crippen molar-refractivity contribution >= 4 is 53.1 Å². The fourth-order valence-electron chi connectivity index (χ4n) is 5.71. The Hall–Kier alpha value is -4.14. The number of carboxylic acids is 1. The van der Waals surface area contributed by atoms with Gasteiger partial charge in [0.2, 0.25) is 23.5 Å². The van der Waals surface area contributed by atoms with Gasteiger partial charge in [-0.3, -0.25) is 33.6 Å². The molecule has 1 aromatic carbocycles. The number of carbonyl (C=O) groups is 7. The van der Waals surface area contributed by atoms with Crippen LogP contribution in [0.5, 0.6) is 5.75 Å². The zero-order chi connectivity index (χ0) is 37.2. The van der Waals surface area contributed by atoms with Gasteiger partial charge in [-0.05, 0) is 74.5 Å². The first kappa shape index (κ1) is 42.0. The van der Waals surface area contributed by atoms with Crippen molar-refractivity contribution in [3.8, 4) is 5.75 Å². The highest BCUT2D eigenvalue weighted by Gasteiger charge is 2.36. The van der Waals surface area contributed by atoms with Gasteiger partial charge in [-0.1, -0.05) is 58.6 Å². The normalized spacial score (nSPS) is 15.5. The minimum atomic E-state index is -1.27. The molecule has 7 N–H and O–H groups in total. The highest BCUT2D eigenvalue weighted by Crippen LogP contribution is 2.27. The van der Waals surface area contributed by atoms with E-state index in [0.717, 1.165) is 37.2 Å². The maximum Gasteiger partial charge on any atom is 0.325 e. The van der Waals surface area contributed by atoms with Crippen molar-refractivity contribution in [2.45, 2.75) is 110 Å². The maximum absolute atomic E-state index is 13.9. The Bertz CT molecular complexity index is 1340. The summed E-state index contributed by atoms with van der Waals surface area (Å²) in [4.78, 5) is 90.0. The second kappa shape index (κ2) is 21.8. The summed E-state index contributed by atoms with van der Waals surface area (Å²) in [5.74, 6) is -4.80. The molecule has 0 bridgehead atoms. The summed E-state index contributed by atoms with van der Waals surface area (Å²) in [6.45, 7) is 6.36. The van der Waals surface area contributed by atoms with E-state index in [-0.39, 0.29) is 36.0 Å². The molecule has 0 saturated heterocycles. The summed E-state index contributed by atoms with van der Waals surface area (Å²) in [5, 5.41) is 31.8. The van der Waals surface area contributed by atoms with E-state index in [0.29, 0.717) is 19.3 Å². The van der Waals surface area contributed by atoms with Crippen LogP contribution in [0.15, 0.2) is 24.3 Å². The van der Waals surface area contributed by atoms with Crippen LogP contribution in [0.1, 0.15) is 95.8 Å². The fourth-order valence-corrected chi connectivity index (χ4v) is 6.41. The number of phenolic OH excluding ortho intramolecular Hbond substituents is 1. The van der Waals surface area contributed by atoms with Gasteiger partial charge >= 0.3 is 5.97 Å². The molecule has 14 nitrogen and oxygen atoms in total. The highest BCUT2D eigenvalue weighted by molar-refractivity contribution is 7.99. The number of ketones is 1. The van der Waals surface area contributed by atoms with Crippen molar-refractivity contribution in [3.63, 3.8) is 0 Å². The number of carboxylic acid groups (broad SMARTS) is 1. The van der Waals surface area contributed by atoms with E-state index in [2.05, 4.69) is 26.6 Å². The number of para-hydroxylation sites is 1. The summed E-state index contributed by atoms with van der Waals surface area (Å²) < 4.78 is 0. The lowest BCUT2D eigenvalue weighted by molar-refractivity contribution is -0.142. The predicted octanol–water partition coefficient (Wildman–Crippen LogP) is 2.28. The molecule has 50 heavy (non-hydrogen) atoms. The van der Waals surface area contributed by atoms with E-state index in [4.69, 9.17) is 5.11 Å². The van der Waals surface area contributed by atoms with Crippen LogP contribution in [0.25, 0.3) is 0 Å². The largest absolute Gasteiger partial charge is 0.507 e. The van der Waals surface area contributed by atoms with E-state index >= 15 is 0 Å². The third-order valence-electron chi connectivity index (χ3n) is 8.43. The number of hydrogen-bond acceptors (Lipinski definition) is 9. The van der Waals surface area contributed by atoms with Crippen LogP contribution in [0.4, 0.5) is 0 Å². The summed E-state index contributed by atoms with van der Waals surface area (Å²) >= 11 is 1.71. The van der Waals surface area contributed by atoms with Crippen molar-refractivity contribution in [2.24, 2.45) is 11.8 Å². The van der Waals surface area contributed by atoms with Gasteiger partial charge in [-0.15, -0.1) is 0 Å². The number of amides is 5. The number of aromatic hydroxyl groups is 1. The first-order valence-corrected chi connectivity index (χ1v) is 18.5. The Morgan fingerprint density at radius 1 is 0.860 bits per heavy atom. The van der Waals surface area contributed by atoms with Gasteiger partial charge in [0.25, 0.3) is 11.8 Å². The monoisotopic (exact) mass is 719 g/mol. The Morgan fingerprint density at radius 3 is 2.14 bits per heavy atom. The molecule has 5 amide bonds. The van der Waals surface area contributed by atoms with Gasteiger partial charge in [-0.25, -0.2) is 0 Å². The molecule has 0 aromatic heterocycles. The number of benzene rings is 1. The molecular formula is C35H53N5O9S. The molecule has 0 aliphatic heterocycles. The zero-order valence-electron chi connectivity index (χ0n) is 29.4. The van der Waals surface area contributed by atoms with Crippen LogP contribution in [-0.2, 0) is 28.8 Å². The van der Waals surface area contributed by atoms with Gasteiger partial charge < -0.3 is 36.8 Å². The van der Waals surface area contributed by atoms with Crippen LogP contribution in [-0.4, -0.2) is 93.7 Å². The first-order chi connectivity index (χ1) is 23.7. The Morgan fingerprint density at radius 2 is 1.52 bits per heavy atom. The maximum atomic E-state index is 13.9. The van der Waals surface area contributed by atoms with Crippen molar-refractivity contribution in [2.75, 3.05) is 18.1 Å². The number of aliphatic carboxylic acids is 1. The number of hydrogen-bond donors (Lipinski definition) is 7. The highest BCUT2D eigenvalue weighted by atomic mass is 32.2. The predicted molar refractivity (Wildman–Crippen MR) is 189 cm³/mol. The molecule has 1 aromatic rings. The average molecular weight is 720 g/mol. The number of thioether (sulfide) groups is 1. The fraction of sp³-hybridized carbons (Fsp3) is 0.629. The zero-order valence-corrected chi connectivity index (χ0v) is 30.2. The van der Waals surface area contributed by atoms with Crippen molar-refractivity contribution in [1.82, 2.24) is 26.6 Å². The Labute approximate surface area is 298 Å².